The van der Waals surface area contributed by atoms with Crippen LogP contribution < -0.4 is 4.90 Å². The van der Waals surface area contributed by atoms with Gasteiger partial charge in [0.1, 0.15) is 5.82 Å². The van der Waals surface area contributed by atoms with Crippen LogP contribution in [0.25, 0.3) is 49.3 Å². The second-order valence-electron chi connectivity index (χ2n) is 8.54. The molecule has 2 nitrogen and oxygen atoms in total. The van der Waals surface area contributed by atoms with E-state index in [1.165, 1.54) is 60.8 Å². The molecule has 1 aromatic heterocycles. The van der Waals surface area contributed by atoms with E-state index < -0.39 is 0 Å². The number of anilines is 2. The summed E-state index contributed by atoms with van der Waals surface area (Å²) in [6.07, 6.45) is 0. The van der Waals surface area contributed by atoms with E-state index >= 15 is 0 Å². The minimum atomic E-state index is 0.896. The SMILES string of the molecule is CCN1c2cc3ccccc3cc2-c2ccccc2-n2c1cc1c3ccccc3ccc12. The molecule has 0 N–H and O–H groups in total. The average molecular weight is 411 g/mol. The molecule has 152 valence electrons. The van der Waals surface area contributed by atoms with Crippen LogP contribution in [0.5, 0.6) is 0 Å². The Labute approximate surface area is 186 Å². The molecule has 0 atom stereocenters. The number of benzene rings is 5. The normalized spacial score (nSPS) is 12.6. The monoisotopic (exact) mass is 410 g/mol. The highest BCUT2D eigenvalue weighted by molar-refractivity contribution is 6.10. The van der Waals surface area contributed by atoms with Crippen LogP contribution in [0.4, 0.5) is 11.5 Å². The molecule has 6 aromatic rings. The van der Waals surface area contributed by atoms with Gasteiger partial charge in [-0.05, 0) is 58.8 Å². The zero-order chi connectivity index (χ0) is 21.2. The molecule has 1 aliphatic rings. The van der Waals surface area contributed by atoms with E-state index in [1.807, 2.05) is 0 Å². The number of para-hydroxylation sites is 1. The average Bonchev–Trinajstić information content (AvgIpc) is 3.19. The second-order valence-corrected chi connectivity index (χ2v) is 8.54. The fourth-order valence-electron chi connectivity index (χ4n) is 5.42. The lowest BCUT2D eigenvalue weighted by molar-refractivity contribution is 0.969. The summed E-state index contributed by atoms with van der Waals surface area (Å²) in [6, 6.07) is 37.8. The van der Waals surface area contributed by atoms with E-state index in [1.54, 1.807) is 0 Å². The minimum Gasteiger partial charge on any atom is -0.327 e. The Balaban J connectivity index is 1.66. The van der Waals surface area contributed by atoms with Crippen molar-refractivity contribution in [3.8, 4) is 16.8 Å². The Bertz CT molecular complexity index is 1670. The second kappa shape index (κ2) is 6.48. The van der Waals surface area contributed by atoms with Crippen molar-refractivity contribution >= 4 is 44.0 Å². The smallest absolute Gasteiger partial charge is 0.118 e. The molecular formula is C30H22N2. The molecule has 2 heterocycles. The van der Waals surface area contributed by atoms with Crippen molar-refractivity contribution < 1.29 is 0 Å². The third-order valence-corrected chi connectivity index (χ3v) is 6.87. The van der Waals surface area contributed by atoms with Crippen molar-refractivity contribution in [1.29, 1.82) is 0 Å². The molecule has 0 saturated heterocycles. The van der Waals surface area contributed by atoms with Crippen molar-refractivity contribution in [3.63, 3.8) is 0 Å². The van der Waals surface area contributed by atoms with Gasteiger partial charge in [-0.1, -0.05) is 72.8 Å². The van der Waals surface area contributed by atoms with Crippen LogP contribution in [0, 0.1) is 0 Å². The van der Waals surface area contributed by atoms with Crippen molar-refractivity contribution in [2.24, 2.45) is 0 Å². The zero-order valence-electron chi connectivity index (χ0n) is 17.9. The maximum Gasteiger partial charge on any atom is 0.118 e. The topological polar surface area (TPSA) is 8.17 Å². The highest BCUT2D eigenvalue weighted by Crippen LogP contribution is 2.47. The third kappa shape index (κ3) is 2.29. The quantitative estimate of drug-likeness (QED) is 0.266. The highest BCUT2D eigenvalue weighted by Gasteiger charge is 2.26. The Morgan fingerprint density at radius 1 is 0.562 bits per heavy atom. The highest BCUT2D eigenvalue weighted by atomic mass is 15.3. The molecule has 0 amide bonds. The van der Waals surface area contributed by atoms with Crippen molar-refractivity contribution in [3.05, 3.63) is 103 Å². The number of aromatic nitrogens is 1. The van der Waals surface area contributed by atoms with E-state index in [0.717, 1.165) is 6.54 Å². The Kier molecular flexibility index (Phi) is 3.57. The molecule has 0 bridgehead atoms. The van der Waals surface area contributed by atoms with Gasteiger partial charge in [-0.3, -0.25) is 4.57 Å². The Morgan fingerprint density at radius 2 is 1.28 bits per heavy atom. The molecule has 32 heavy (non-hydrogen) atoms. The summed E-state index contributed by atoms with van der Waals surface area (Å²) in [4.78, 5) is 2.47. The summed E-state index contributed by atoms with van der Waals surface area (Å²) in [5.41, 5.74) is 6.32. The van der Waals surface area contributed by atoms with Crippen LogP contribution >= 0.6 is 0 Å². The molecule has 2 heteroatoms. The number of nitrogens with zero attached hydrogens (tertiary/aromatic N) is 2. The fourth-order valence-corrected chi connectivity index (χ4v) is 5.42. The molecule has 0 saturated carbocycles. The van der Waals surface area contributed by atoms with Crippen LogP contribution in [0.3, 0.4) is 0 Å². The van der Waals surface area contributed by atoms with E-state index in [2.05, 4.69) is 120 Å². The maximum atomic E-state index is 2.47. The zero-order valence-corrected chi connectivity index (χ0v) is 17.9. The van der Waals surface area contributed by atoms with E-state index in [4.69, 9.17) is 0 Å². The van der Waals surface area contributed by atoms with Gasteiger partial charge in [-0.15, -0.1) is 0 Å². The van der Waals surface area contributed by atoms with Gasteiger partial charge in [0.2, 0.25) is 0 Å². The first-order valence-electron chi connectivity index (χ1n) is 11.3. The lowest BCUT2D eigenvalue weighted by Gasteiger charge is -2.24. The van der Waals surface area contributed by atoms with Gasteiger partial charge in [0.05, 0.1) is 16.9 Å². The van der Waals surface area contributed by atoms with Crippen LogP contribution in [0.2, 0.25) is 0 Å². The lowest BCUT2D eigenvalue weighted by atomic mass is 9.97. The largest absolute Gasteiger partial charge is 0.327 e. The summed E-state index contributed by atoms with van der Waals surface area (Å²) in [5.74, 6) is 1.22. The van der Waals surface area contributed by atoms with Gasteiger partial charge in [-0.2, -0.15) is 0 Å². The predicted octanol–water partition coefficient (Wildman–Crippen LogP) is 8.08. The Morgan fingerprint density at radius 3 is 2.12 bits per heavy atom. The standard InChI is InChI=1S/C30H22N2/c1-2-31-29-18-22-11-4-3-10-21(22)17-25(29)24-13-7-8-14-27(24)32-28-16-15-20-9-5-6-12-23(20)26(28)19-30(31)32/h3-19H,2H2,1H3. The molecule has 0 fully saturated rings. The van der Waals surface area contributed by atoms with Crippen molar-refractivity contribution in [2.75, 3.05) is 11.4 Å². The Hall–Kier alpha value is -4.04. The van der Waals surface area contributed by atoms with Gasteiger partial charge in [0, 0.05) is 23.1 Å². The maximum absolute atomic E-state index is 2.47. The summed E-state index contributed by atoms with van der Waals surface area (Å²) < 4.78 is 2.45. The van der Waals surface area contributed by atoms with E-state index in [0.29, 0.717) is 0 Å². The number of hydrogen-bond donors (Lipinski definition) is 0. The molecule has 7 rings (SSSR count). The van der Waals surface area contributed by atoms with Crippen molar-refractivity contribution in [2.45, 2.75) is 6.92 Å². The summed E-state index contributed by atoms with van der Waals surface area (Å²) >= 11 is 0. The van der Waals surface area contributed by atoms with Gasteiger partial charge in [0.15, 0.2) is 0 Å². The third-order valence-electron chi connectivity index (χ3n) is 6.87. The number of fused-ring (bicyclic) bond motifs is 10. The van der Waals surface area contributed by atoms with Gasteiger partial charge >= 0.3 is 0 Å². The molecular weight excluding hydrogens is 388 g/mol. The fraction of sp³-hybridized carbons (Fsp3) is 0.0667. The number of hydrogen-bond acceptors (Lipinski definition) is 1. The summed E-state index contributed by atoms with van der Waals surface area (Å²) in [7, 11) is 0. The first-order chi connectivity index (χ1) is 15.8. The molecule has 0 spiro atoms. The number of rotatable bonds is 1. The lowest BCUT2D eigenvalue weighted by Crippen LogP contribution is -2.18. The van der Waals surface area contributed by atoms with Crippen molar-refractivity contribution in [1.82, 2.24) is 4.57 Å². The van der Waals surface area contributed by atoms with E-state index in [-0.39, 0.29) is 0 Å². The van der Waals surface area contributed by atoms with Crippen LogP contribution in [-0.4, -0.2) is 11.1 Å². The van der Waals surface area contributed by atoms with Gasteiger partial charge in [0.25, 0.3) is 0 Å². The van der Waals surface area contributed by atoms with Gasteiger partial charge in [-0.25, -0.2) is 0 Å². The van der Waals surface area contributed by atoms with Gasteiger partial charge < -0.3 is 4.90 Å². The molecule has 5 aromatic carbocycles. The molecule has 0 unspecified atom stereocenters. The molecule has 0 radical (unpaired) electrons. The van der Waals surface area contributed by atoms with Crippen LogP contribution in [0.1, 0.15) is 6.92 Å². The molecule has 0 aliphatic carbocycles. The van der Waals surface area contributed by atoms with E-state index in [9.17, 15) is 0 Å². The summed E-state index contributed by atoms with van der Waals surface area (Å²) in [6.45, 7) is 3.14. The summed E-state index contributed by atoms with van der Waals surface area (Å²) in [5, 5.41) is 6.44. The minimum absolute atomic E-state index is 0.896. The van der Waals surface area contributed by atoms with Crippen LogP contribution in [-0.2, 0) is 0 Å². The predicted molar refractivity (Wildman–Crippen MR) is 136 cm³/mol. The van der Waals surface area contributed by atoms with Crippen LogP contribution in [0.15, 0.2) is 103 Å². The molecule has 1 aliphatic heterocycles. The first kappa shape index (κ1) is 17.6. The first-order valence-corrected chi connectivity index (χ1v) is 11.3.